The number of aromatic amines is 1. The molecule has 1 fully saturated rings. The van der Waals surface area contributed by atoms with Gasteiger partial charge in [0.25, 0.3) is 5.82 Å². The monoisotopic (exact) mass is 407 g/mol. The van der Waals surface area contributed by atoms with Crippen LogP contribution in [0.15, 0.2) is 48.7 Å². The van der Waals surface area contributed by atoms with Crippen LogP contribution in [0.3, 0.4) is 0 Å². The number of nitrogens with one attached hydrogen (secondary N) is 2. The minimum atomic E-state index is -4.48. The van der Waals surface area contributed by atoms with Gasteiger partial charge < -0.3 is 10.2 Å². The van der Waals surface area contributed by atoms with Gasteiger partial charge in [-0.1, -0.05) is 12.1 Å². The third kappa shape index (κ3) is 5.69. The summed E-state index contributed by atoms with van der Waals surface area (Å²) in [5.41, 5.74) is -0.773. The number of rotatable bonds is 5. The molecule has 0 atom stereocenters. The number of halogens is 3. The van der Waals surface area contributed by atoms with E-state index in [-0.39, 0.29) is 24.4 Å². The molecule has 0 spiro atoms. The Morgan fingerprint density at radius 1 is 1.00 bits per heavy atom. The van der Waals surface area contributed by atoms with Gasteiger partial charge in [-0.05, 0) is 24.3 Å². The zero-order chi connectivity index (χ0) is 20.9. The molecular weight excluding hydrogens is 385 g/mol. The predicted molar refractivity (Wildman–Crippen MR) is 101 cm³/mol. The van der Waals surface area contributed by atoms with E-state index in [1.165, 1.54) is 12.1 Å². The van der Waals surface area contributed by atoms with Crippen molar-refractivity contribution in [3.05, 3.63) is 54.2 Å². The van der Waals surface area contributed by atoms with Gasteiger partial charge in [0.2, 0.25) is 11.8 Å². The maximum absolute atomic E-state index is 12.7. The van der Waals surface area contributed by atoms with Crippen LogP contribution in [0.25, 0.3) is 0 Å². The van der Waals surface area contributed by atoms with E-state index in [1.54, 1.807) is 4.90 Å². The highest BCUT2D eigenvalue weighted by Gasteiger charge is 2.30. The van der Waals surface area contributed by atoms with Crippen molar-refractivity contribution >= 4 is 23.3 Å². The Morgan fingerprint density at radius 2 is 1.76 bits per heavy atom. The third-order valence-electron chi connectivity index (χ3n) is 4.71. The number of benzene rings is 1. The van der Waals surface area contributed by atoms with Crippen LogP contribution >= 0.6 is 0 Å². The van der Waals surface area contributed by atoms with Crippen molar-refractivity contribution in [2.24, 2.45) is 0 Å². The van der Waals surface area contributed by atoms with Gasteiger partial charge in [0.1, 0.15) is 13.1 Å². The maximum Gasteiger partial charge on any atom is 0.416 e. The van der Waals surface area contributed by atoms with Gasteiger partial charge in [-0.2, -0.15) is 13.2 Å². The summed E-state index contributed by atoms with van der Waals surface area (Å²) >= 11 is 0. The van der Waals surface area contributed by atoms with Gasteiger partial charge in [-0.25, -0.2) is 4.98 Å². The molecule has 0 saturated carbocycles. The number of H-pyrrole nitrogens is 1. The fourth-order valence-electron chi connectivity index (χ4n) is 3.15. The Morgan fingerprint density at radius 3 is 2.41 bits per heavy atom. The number of hydrogen-bond donors (Lipinski definition) is 1. The Hall–Kier alpha value is -3.10. The number of alkyl halides is 3. The van der Waals surface area contributed by atoms with Crippen LogP contribution in [-0.4, -0.2) is 42.9 Å². The molecule has 3 rings (SSSR count). The molecular formula is C20H22F3N4O2+. The summed E-state index contributed by atoms with van der Waals surface area (Å²) in [6, 6.07) is 10.2. The highest BCUT2D eigenvalue weighted by Crippen LogP contribution is 2.30. The van der Waals surface area contributed by atoms with Crippen molar-refractivity contribution in [3.63, 3.8) is 0 Å². The van der Waals surface area contributed by atoms with Crippen LogP contribution in [0.5, 0.6) is 0 Å². The molecule has 1 aliphatic heterocycles. The van der Waals surface area contributed by atoms with Crippen LogP contribution in [0.2, 0.25) is 0 Å². The van der Waals surface area contributed by atoms with Gasteiger partial charge in [-0.3, -0.25) is 14.5 Å². The van der Waals surface area contributed by atoms with Crippen LogP contribution in [0.1, 0.15) is 18.4 Å². The SMILES string of the molecule is O=C(CCC(=O)N1CCN(c2cccc[nH+]2)CC1)Nc1cccc(C(F)(F)F)c1. The molecule has 0 unspecified atom stereocenters. The van der Waals surface area contributed by atoms with Crippen molar-refractivity contribution in [2.45, 2.75) is 19.0 Å². The second kappa shape index (κ2) is 8.93. The van der Waals surface area contributed by atoms with E-state index < -0.39 is 17.6 Å². The summed E-state index contributed by atoms with van der Waals surface area (Å²) in [5.74, 6) is 0.358. The van der Waals surface area contributed by atoms with Crippen molar-refractivity contribution in [3.8, 4) is 0 Å². The fraction of sp³-hybridized carbons (Fsp3) is 0.350. The van der Waals surface area contributed by atoms with E-state index in [0.717, 1.165) is 18.0 Å². The number of anilines is 2. The summed E-state index contributed by atoms with van der Waals surface area (Å²) in [6.45, 7) is 2.47. The Balaban J connectivity index is 1.44. The highest BCUT2D eigenvalue weighted by atomic mass is 19.4. The first kappa shape index (κ1) is 20.6. The van der Waals surface area contributed by atoms with Crippen LogP contribution in [-0.2, 0) is 15.8 Å². The molecule has 2 aromatic rings. The number of pyridine rings is 1. The Labute approximate surface area is 166 Å². The first-order chi connectivity index (χ1) is 13.8. The molecule has 1 saturated heterocycles. The lowest BCUT2D eigenvalue weighted by molar-refractivity contribution is -0.364. The van der Waals surface area contributed by atoms with Gasteiger partial charge in [-0.15, -0.1) is 0 Å². The molecule has 1 aromatic heterocycles. The van der Waals surface area contributed by atoms with Crippen molar-refractivity contribution in [2.75, 3.05) is 36.4 Å². The Bertz CT molecular complexity index is 850. The molecule has 0 aliphatic carbocycles. The van der Waals surface area contributed by atoms with E-state index in [4.69, 9.17) is 0 Å². The summed E-state index contributed by atoms with van der Waals surface area (Å²) in [4.78, 5) is 31.4. The van der Waals surface area contributed by atoms with Crippen molar-refractivity contribution < 1.29 is 27.7 Å². The number of carbonyl (C=O) groups is 2. The molecule has 2 heterocycles. The first-order valence-corrected chi connectivity index (χ1v) is 9.29. The molecule has 1 aliphatic rings. The van der Waals surface area contributed by atoms with Gasteiger partial charge in [0.05, 0.1) is 24.8 Å². The lowest BCUT2D eigenvalue weighted by Gasteiger charge is -2.31. The smallest absolute Gasteiger partial charge is 0.335 e. The van der Waals surface area contributed by atoms with Crippen LogP contribution in [0.4, 0.5) is 24.7 Å². The molecule has 2 N–H and O–H groups in total. The molecule has 6 nitrogen and oxygen atoms in total. The summed E-state index contributed by atoms with van der Waals surface area (Å²) in [7, 11) is 0. The number of hydrogen-bond acceptors (Lipinski definition) is 3. The number of amides is 2. The largest absolute Gasteiger partial charge is 0.416 e. The molecule has 2 amide bonds. The van der Waals surface area contributed by atoms with Gasteiger partial charge >= 0.3 is 6.18 Å². The van der Waals surface area contributed by atoms with E-state index in [0.29, 0.717) is 26.2 Å². The summed E-state index contributed by atoms with van der Waals surface area (Å²) < 4.78 is 38.2. The minimum Gasteiger partial charge on any atom is -0.335 e. The maximum atomic E-state index is 12.7. The van der Waals surface area contributed by atoms with Crippen molar-refractivity contribution in [1.82, 2.24) is 4.90 Å². The highest BCUT2D eigenvalue weighted by molar-refractivity contribution is 5.93. The number of piperazine rings is 1. The molecule has 0 radical (unpaired) electrons. The second-order valence-corrected chi connectivity index (χ2v) is 6.74. The van der Waals surface area contributed by atoms with Gasteiger partial charge in [0, 0.05) is 24.6 Å². The lowest BCUT2D eigenvalue weighted by Crippen LogP contribution is -2.50. The molecule has 9 heteroatoms. The molecule has 0 bridgehead atoms. The standard InChI is InChI=1S/C20H21F3N4O2/c21-20(22,23)15-4-3-5-16(14-15)25-18(28)7-8-19(29)27-12-10-26(11-13-27)17-6-1-2-9-24-17/h1-6,9,14H,7-8,10-13H2,(H,25,28)/p+1. The van der Waals surface area contributed by atoms with Gasteiger partial charge in [0.15, 0.2) is 0 Å². The number of carbonyl (C=O) groups excluding carboxylic acids is 2. The normalized spacial score (nSPS) is 14.6. The second-order valence-electron chi connectivity index (χ2n) is 6.74. The quantitative estimate of drug-likeness (QED) is 0.829. The number of aromatic nitrogens is 1. The minimum absolute atomic E-state index is 0.0161. The fourth-order valence-corrected chi connectivity index (χ4v) is 3.15. The van der Waals surface area contributed by atoms with E-state index in [2.05, 4.69) is 15.2 Å². The van der Waals surface area contributed by atoms with Crippen LogP contribution in [0, 0.1) is 0 Å². The zero-order valence-corrected chi connectivity index (χ0v) is 15.7. The van der Waals surface area contributed by atoms with Crippen molar-refractivity contribution in [1.29, 1.82) is 0 Å². The topological polar surface area (TPSA) is 66.8 Å². The van der Waals surface area contributed by atoms with E-state index in [9.17, 15) is 22.8 Å². The molecule has 154 valence electrons. The zero-order valence-electron chi connectivity index (χ0n) is 15.7. The Kier molecular flexibility index (Phi) is 6.36. The van der Waals surface area contributed by atoms with Crippen LogP contribution < -0.4 is 15.2 Å². The predicted octanol–water partition coefficient (Wildman–Crippen LogP) is 2.59. The molecule has 1 aromatic carbocycles. The molecule has 29 heavy (non-hydrogen) atoms. The van der Waals surface area contributed by atoms with E-state index in [1.807, 2.05) is 24.4 Å². The first-order valence-electron chi connectivity index (χ1n) is 9.29. The summed E-state index contributed by atoms with van der Waals surface area (Å²) in [6.07, 6.45) is -2.70. The average molecular weight is 407 g/mol. The van der Waals surface area contributed by atoms with E-state index >= 15 is 0 Å². The third-order valence-corrected chi connectivity index (χ3v) is 4.71. The number of nitrogens with zero attached hydrogens (tertiary/aromatic N) is 2. The average Bonchev–Trinajstić information content (AvgIpc) is 2.72. The lowest BCUT2D eigenvalue weighted by atomic mass is 10.2. The summed E-state index contributed by atoms with van der Waals surface area (Å²) in [5, 5.41) is 2.42.